The maximum Gasteiger partial charge on any atom is 0.119 e. The highest BCUT2D eigenvalue weighted by molar-refractivity contribution is 7.85. The lowest BCUT2D eigenvalue weighted by molar-refractivity contribution is 0.341. The van der Waals surface area contributed by atoms with Gasteiger partial charge in [0.25, 0.3) is 0 Å². The van der Waals surface area contributed by atoms with Gasteiger partial charge in [-0.3, -0.25) is 4.21 Å². The highest BCUT2D eigenvalue weighted by Gasteiger charge is 2.25. The van der Waals surface area contributed by atoms with E-state index in [0.717, 1.165) is 30.2 Å². The number of rotatable bonds is 2. The molecule has 0 N–H and O–H groups in total. The minimum Gasteiger partial charge on any atom is -0.497 e. The topological polar surface area (TPSA) is 29.5 Å². The molecule has 1 heterocycles. The number of likely N-dealkylation sites (N-methyl/N-ethyl adjacent to an activating group) is 1. The van der Waals surface area contributed by atoms with Crippen molar-refractivity contribution in [2.45, 2.75) is 5.25 Å². The molecule has 0 unspecified atom stereocenters. The molecule has 1 aromatic carbocycles. The average Bonchev–Trinajstić information content (AvgIpc) is 2.32. The second kappa shape index (κ2) is 4.97. The highest BCUT2D eigenvalue weighted by Crippen LogP contribution is 2.26. The Hall–Kier alpha value is -0.870. The monoisotopic (exact) mass is 239 g/mol. The standard InChI is InChI=1S/C12H17NO2S/c1-13-6-7-16(14)12(9-13)10-4-3-5-11(8-10)15-2/h3-5,8,12H,6-7,9H2,1-2H3/t12-,16-/m1/s1. The molecule has 0 amide bonds. The van der Waals surface area contributed by atoms with Gasteiger partial charge >= 0.3 is 0 Å². The Bertz CT molecular complexity index is 394. The van der Waals surface area contributed by atoms with E-state index in [1.165, 1.54) is 0 Å². The van der Waals surface area contributed by atoms with E-state index in [9.17, 15) is 4.21 Å². The highest BCUT2D eigenvalue weighted by atomic mass is 32.2. The minimum absolute atomic E-state index is 0.119. The van der Waals surface area contributed by atoms with Gasteiger partial charge in [0, 0.05) is 29.6 Å². The molecule has 3 nitrogen and oxygen atoms in total. The van der Waals surface area contributed by atoms with Crippen LogP contribution >= 0.6 is 0 Å². The van der Waals surface area contributed by atoms with Crippen LogP contribution < -0.4 is 4.74 Å². The first-order valence-corrected chi connectivity index (χ1v) is 6.78. The van der Waals surface area contributed by atoms with E-state index in [1.807, 2.05) is 24.3 Å². The molecule has 0 aromatic heterocycles. The molecule has 2 atom stereocenters. The molecule has 0 radical (unpaired) electrons. The summed E-state index contributed by atoms with van der Waals surface area (Å²) in [6.45, 7) is 1.78. The molecule has 1 saturated heterocycles. The van der Waals surface area contributed by atoms with Gasteiger partial charge < -0.3 is 9.64 Å². The quantitative estimate of drug-likeness (QED) is 0.782. The lowest BCUT2D eigenvalue weighted by Crippen LogP contribution is -2.37. The molecule has 1 aromatic rings. The van der Waals surface area contributed by atoms with Crippen molar-refractivity contribution in [2.24, 2.45) is 0 Å². The van der Waals surface area contributed by atoms with Crippen LogP contribution in [-0.4, -0.2) is 42.1 Å². The fourth-order valence-electron chi connectivity index (χ4n) is 1.94. The molecule has 0 aliphatic carbocycles. The van der Waals surface area contributed by atoms with Crippen LogP contribution in [-0.2, 0) is 10.8 Å². The Balaban J connectivity index is 2.24. The second-order valence-electron chi connectivity index (χ2n) is 4.11. The van der Waals surface area contributed by atoms with Crippen molar-refractivity contribution in [1.82, 2.24) is 4.90 Å². The van der Waals surface area contributed by atoms with E-state index < -0.39 is 10.8 Å². The molecule has 1 aliphatic rings. The summed E-state index contributed by atoms with van der Waals surface area (Å²) < 4.78 is 17.2. The predicted molar refractivity (Wildman–Crippen MR) is 66.2 cm³/mol. The Morgan fingerprint density at radius 3 is 3.06 bits per heavy atom. The van der Waals surface area contributed by atoms with Crippen molar-refractivity contribution in [3.8, 4) is 5.75 Å². The van der Waals surface area contributed by atoms with Crippen LogP contribution in [0.15, 0.2) is 24.3 Å². The molecule has 16 heavy (non-hydrogen) atoms. The van der Waals surface area contributed by atoms with Gasteiger partial charge in [-0.2, -0.15) is 0 Å². The number of hydrogen-bond acceptors (Lipinski definition) is 3. The maximum atomic E-state index is 12.0. The Labute approximate surface area is 98.9 Å². The molecule has 88 valence electrons. The Morgan fingerprint density at radius 1 is 1.50 bits per heavy atom. The maximum absolute atomic E-state index is 12.0. The van der Waals surface area contributed by atoms with Crippen LogP contribution in [0.2, 0.25) is 0 Å². The number of ether oxygens (including phenoxy) is 1. The summed E-state index contributed by atoms with van der Waals surface area (Å²) in [5, 5.41) is 0.119. The van der Waals surface area contributed by atoms with Crippen LogP contribution in [0.1, 0.15) is 10.8 Å². The first-order valence-electron chi connectivity index (χ1n) is 5.40. The molecule has 1 aliphatic heterocycles. The van der Waals surface area contributed by atoms with Crippen molar-refractivity contribution in [1.29, 1.82) is 0 Å². The van der Waals surface area contributed by atoms with E-state index >= 15 is 0 Å². The number of hydrogen-bond donors (Lipinski definition) is 0. The van der Waals surface area contributed by atoms with Gasteiger partial charge in [0.2, 0.25) is 0 Å². The predicted octanol–water partition coefficient (Wildman–Crippen LogP) is 1.43. The van der Waals surface area contributed by atoms with Gasteiger partial charge in [-0.25, -0.2) is 0 Å². The van der Waals surface area contributed by atoms with E-state index in [2.05, 4.69) is 11.9 Å². The summed E-state index contributed by atoms with van der Waals surface area (Å²) in [4.78, 5) is 2.23. The Morgan fingerprint density at radius 2 is 2.31 bits per heavy atom. The Kier molecular flexibility index (Phi) is 3.61. The van der Waals surface area contributed by atoms with E-state index in [4.69, 9.17) is 4.74 Å². The summed E-state index contributed by atoms with van der Waals surface area (Å²) in [5.74, 6) is 1.60. The SMILES string of the molecule is COc1cccc([C@H]2CN(C)CC[S@]2=O)c1. The van der Waals surface area contributed by atoms with Crippen molar-refractivity contribution < 1.29 is 8.95 Å². The van der Waals surface area contributed by atoms with Crippen LogP contribution in [0.25, 0.3) is 0 Å². The fourth-order valence-corrected chi connectivity index (χ4v) is 3.59. The van der Waals surface area contributed by atoms with Gasteiger partial charge in [-0.1, -0.05) is 12.1 Å². The molecule has 2 rings (SSSR count). The van der Waals surface area contributed by atoms with Gasteiger partial charge in [0.1, 0.15) is 5.75 Å². The number of methoxy groups -OCH3 is 1. The summed E-state index contributed by atoms with van der Waals surface area (Å²) >= 11 is 0. The van der Waals surface area contributed by atoms with Crippen LogP contribution in [0.5, 0.6) is 5.75 Å². The van der Waals surface area contributed by atoms with Crippen LogP contribution in [0.4, 0.5) is 0 Å². The van der Waals surface area contributed by atoms with Gasteiger partial charge in [-0.15, -0.1) is 0 Å². The van der Waals surface area contributed by atoms with E-state index in [-0.39, 0.29) is 5.25 Å². The molecule has 4 heteroatoms. The van der Waals surface area contributed by atoms with Crippen molar-refractivity contribution in [2.75, 3.05) is 33.0 Å². The van der Waals surface area contributed by atoms with Gasteiger partial charge in [-0.05, 0) is 24.7 Å². The number of nitrogens with zero attached hydrogens (tertiary/aromatic N) is 1. The number of benzene rings is 1. The van der Waals surface area contributed by atoms with Crippen molar-refractivity contribution in [3.63, 3.8) is 0 Å². The van der Waals surface area contributed by atoms with Crippen LogP contribution in [0, 0.1) is 0 Å². The molecule has 0 bridgehead atoms. The zero-order valence-electron chi connectivity index (χ0n) is 9.68. The largest absolute Gasteiger partial charge is 0.497 e. The first kappa shape index (κ1) is 11.6. The van der Waals surface area contributed by atoms with Gasteiger partial charge in [0.15, 0.2) is 0 Å². The normalized spacial score (nSPS) is 26.6. The van der Waals surface area contributed by atoms with Crippen LogP contribution in [0.3, 0.4) is 0 Å². The zero-order chi connectivity index (χ0) is 11.5. The third-order valence-corrected chi connectivity index (χ3v) is 4.58. The lowest BCUT2D eigenvalue weighted by Gasteiger charge is -2.29. The third kappa shape index (κ3) is 2.44. The third-order valence-electron chi connectivity index (χ3n) is 2.93. The molecular formula is C12H17NO2S. The minimum atomic E-state index is -0.757. The molecular weight excluding hydrogens is 222 g/mol. The van der Waals surface area contributed by atoms with Gasteiger partial charge in [0.05, 0.1) is 12.4 Å². The van der Waals surface area contributed by atoms with E-state index in [1.54, 1.807) is 7.11 Å². The summed E-state index contributed by atoms with van der Waals surface area (Å²) in [6.07, 6.45) is 0. The molecule has 1 fully saturated rings. The molecule has 0 saturated carbocycles. The first-order chi connectivity index (χ1) is 7.70. The smallest absolute Gasteiger partial charge is 0.119 e. The zero-order valence-corrected chi connectivity index (χ0v) is 10.5. The summed E-state index contributed by atoms with van der Waals surface area (Å²) in [7, 11) is 2.97. The summed E-state index contributed by atoms with van der Waals surface area (Å²) in [5.41, 5.74) is 1.12. The second-order valence-corrected chi connectivity index (χ2v) is 5.85. The fraction of sp³-hybridized carbons (Fsp3) is 0.500. The van der Waals surface area contributed by atoms with Crippen molar-refractivity contribution in [3.05, 3.63) is 29.8 Å². The average molecular weight is 239 g/mol. The lowest BCUT2D eigenvalue weighted by atomic mass is 10.1. The van der Waals surface area contributed by atoms with Crippen molar-refractivity contribution >= 4 is 10.8 Å². The molecule has 0 spiro atoms. The van der Waals surface area contributed by atoms with E-state index in [0.29, 0.717) is 0 Å². The summed E-state index contributed by atoms with van der Waals surface area (Å²) in [6, 6.07) is 7.89.